The molecule has 0 fully saturated rings. The summed E-state index contributed by atoms with van der Waals surface area (Å²) in [7, 11) is 1.37. The highest BCUT2D eigenvalue weighted by molar-refractivity contribution is 6.30. The van der Waals surface area contributed by atoms with E-state index in [4.69, 9.17) is 11.6 Å². The van der Waals surface area contributed by atoms with Gasteiger partial charge in [-0.1, -0.05) is 23.7 Å². The monoisotopic (exact) mass is 373 g/mol. The maximum atomic E-state index is 12.4. The zero-order valence-corrected chi connectivity index (χ0v) is 13.4. The van der Waals surface area contributed by atoms with Gasteiger partial charge in [0.2, 0.25) is 0 Å². The van der Waals surface area contributed by atoms with E-state index in [0.29, 0.717) is 0 Å². The van der Waals surface area contributed by atoms with Crippen molar-refractivity contribution >= 4 is 29.1 Å². The summed E-state index contributed by atoms with van der Waals surface area (Å²) < 4.78 is 41.2. The molecule has 1 aromatic carbocycles. The fourth-order valence-corrected chi connectivity index (χ4v) is 2.06. The summed E-state index contributed by atoms with van der Waals surface area (Å²) in [6.07, 6.45) is -3.82. The Morgan fingerprint density at radius 3 is 2.48 bits per heavy atom. The van der Waals surface area contributed by atoms with Crippen LogP contribution in [-0.4, -0.2) is 30.2 Å². The molecule has 0 radical (unpaired) electrons. The van der Waals surface area contributed by atoms with Crippen LogP contribution in [-0.2, 0) is 0 Å². The molecule has 0 aliphatic carbocycles. The second-order valence-corrected chi connectivity index (χ2v) is 5.02. The summed E-state index contributed by atoms with van der Waals surface area (Å²) in [4.78, 5) is 27.9. The third kappa shape index (κ3) is 4.83. The molecule has 1 heterocycles. The minimum absolute atomic E-state index is 0.00512. The highest BCUT2D eigenvalue weighted by Crippen LogP contribution is 2.27. The maximum absolute atomic E-state index is 12.4. The molecule has 132 valence electrons. The van der Waals surface area contributed by atoms with Gasteiger partial charge in [0.15, 0.2) is 0 Å². The van der Waals surface area contributed by atoms with E-state index in [1.165, 1.54) is 25.2 Å². The van der Waals surface area contributed by atoms with E-state index in [1.54, 1.807) is 0 Å². The lowest BCUT2D eigenvalue weighted by molar-refractivity contribution is -0.274. The molecule has 0 saturated carbocycles. The minimum Gasteiger partial charge on any atom is -0.405 e. The van der Waals surface area contributed by atoms with E-state index in [0.717, 1.165) is 18.3 Å². The van der Waals surface area contributed by atoms with Gasteiger partial charge in [0.05, 0.1) is 16.8 Å². The maximum Gasteiger partial charge on any atom is 0.573 e. The Balaban J connectivity index is 2.35. The van der Waals surface area contributed by atoms with Gasteiger partial charge in [-0.25, -0.2) is 4.98 Å². The Hall–Kier alpha value is -2.81. The number of para-hydroxylation sites is 1. The minimum atomic E-state index is -4.95. The Labute approximate surface area is 145 Å². The molecule has 0 bridgehead atoms. The third-order valence-electron chi connectivity index (χ3n) is 2.95. The van der Waals surface area contributed by atoms with Gasteiger partial charge < -0.3 is 15.4 Å². The van der Waals surface area contributed by atoms with Crippen molar-refractivity contribution < 1.29 is 27.5 Å². The topological polar surface area (TPSA) is 80.3 Å². The van der Waals surface area contributed by atoms with E-state index >= 15 is 0 Å². The highest BCUT2D eigenvalue weighted by Gasteiger charge is 2.33. The van der Waals surface area contributed by atoms with Crippen molar-refractivity contribution in [3.8, 4) is 5.75 Å². The quantitative estimate of drug-likeness (QED) is 0.806. The molecule has 1 aromatic heterocycles. The molecule has 0 spiro atoms. The van der Waals surface area contributed by atoms with Gasteiger partial charge in [0.25, 0.3) is 11.8 Å². The Morgan fingerprint density at radius 1 is 1.16 bits per heavy atom. The number of hydrogen-bond donors (Lipinski definition) is 2. The molecule has 6 nitrogen and oxygen atoms in total. The second kappa shape index (κ2) is 7.39. The summed E-state index contributed by atoms with van der Waals surface area (Å²) in [6, 6.07) is 6.02. The number of rotatable bonds is 4. The van der Waals surface area contributed by atoms with Crippen molar-refractivity contribution in [1.29, 1.82) is 0 Å². The lowest BCUT2D eigenvalue weighted by Gasteiger charge is -2.14. The van der Waals surface area contributed by atoms with Crippen molar-refractivity contribution in [2.75, 3.05) is 12.4 Å². The molecule has 0 aliphatic rings. The van der Waals surface area contributed by atoms with Gasteiger partial charge in [-0.15, -0.1) is 13.2 Å². The first kappa shape index (κ1) is 18.5. The summed E-state index contributed by atoms with van der Waals surface area (Å²) >= 11 is 5.74. The molecule has 25 heavy (non-hydrogen) atoms. The molecule has 2 aromatic rings. The smallest absolute Gasteiger partial charge is 0.405 e. The van der Waals surface area contributed by atoms with E-state index in [1.807, 2.05) is 0 Å². The van der Waals surface area contributed by atoms with E-state index in [2.05, 4.69) is 20.4 Å². The fourth-order valence-electron chi connectivity index (χ4n) is 1.91. The van der Waals surface area contributed by atoms with Gasteiger partial charge in [0.1, 0.15) is 10.9 Å². The van der Waals surface area contributed by atoms with Crippen molar-refractivity contribution in [1.82, 2.24) is 10.3 Å². The standard InChI is InChI=1S/C15H11ClF3N3O3/c1-20-13(23)9-7-21-12(16)6-10(9)22-14(24)8-4-2-3-5-11(8)25-15(17,18)19/h2-7H,1H3,(H,20,23)(H,21,22,24). The molecule has 0 aliphatic heterocycles. The predicted octanol–water partition coefficient (Wildman–Crippen LogP) is 3.25. The number of hydrogen-bond acceptors (Lipinski definition) is 4. The molecule has 2 rings (SSSR count). The number of nitrogens with one attached hydrogen (secondary N) is 2. The van der Waals surface area contributed by atoms with Gasteiger partial charge in [-0.2, -0.15) is 0 Å². The fraction of sp³-hybridized carbons (Fsp3) is 0.133. The average molecular weight is 374 g/mol. The molecular weight excluding hydrogens is 363 g/mol. The number of ether oxygens (including phenoxy) is 1. The number of aromatic nitrogens is 1. The van der Waals surface area contributed by atoms with Gasteiger partial charge in [-0.3, -0.25) is 9.59 Å². The van der Waals surface area contributed by atoms with Gasteiger partial charge in [0, 0.05) is 13.2 Å². The molecule has 0 atom stereocenters. The van der Waals surface area contributed by atoms with Crippen LogP contribution in [0, 0.1) is 0 Å². The predicted molar refractivity (Wildman–Crippen MR) is 83.7 cm³/mol. The molecule has 0 unspecified atom stereocenters. The van der Waals surface area contributed by atoms with Crippen molar-refractivity contribution in [2.24, 2.45) is 0 Å². The first-order valence-electron chi connectivity index (χ1n) is 6.75. The lowest BCUT2D eigenvalue weighted by atomic mass is 10.1. The zero-order valence-electron chi connectivity index (χ0n) is 12.6. The van der Waals surface area contributed by atoms with Crippen LogP contribution < -0.4 is 15.4 Å². The molecule has 2 N–H and O–H groups in total. The summed E-state index contributed by atoms with van der Waals surface area (Å²) in [6.45, 7) is 0. The van der Waals surface area contributed by atoms with Crippen molar-refractivity contribution in [3.63, 3.8) is 0 Å². The number of carbonyl (C=O) groups is 2. The van der Waals surface area contributed by atoms with Crippen molar-refractivity contribution in [3.05, 3.63) is 52.8 Å². The third-order valence-corrected chi connectivity index (χ3v) is 3.15. The van der Waals surface area contributed by atoms with Crippen LogP contribution in [0.1, 0.15) is 20.7 Å². The van der Waals surface area contributed by atoms with E-state index in [-0.39, 0.29) is 22.0 Å². The average Bonchev–Trinajstić information content (AvgIpc) is 2.53. The Bertz CT molecular complexity index is 812. The number of halogens is 4. The van der Waals surface area contributed by atoms with Crippen LogP contribution >= 0.6 is 11.6 Å². The SMILES string of the molecule is CNC(=O)c1cnc(Cl)cc1NC(=O)c1ccccc1OC(F)(F)F. The zero-order chi connectivity index (χ0) is 18.6. The number of amides is 2. The molecule has 0 saturated heterocycles. The van der Waals surface area contributed by atoms with Crippen LogP contribution in [0.4, 0.5) is 18.9 Å². The number of benzene rings is 1. The van der Waals surface area contributed by atoms with Crippen LogP contribution in [0.15, 0.2) is 36.5 Å². The van der Waals surface area contributed by atoms with Crippen LogP contribution in [0.3, 0.4) is 0 Å². The normalized spacial score (nSPS) is 10.9. The largest absolute Gasteiger partial charge is 0.573 e. The molecule has 10 heteroatoms. The van der Waals surface area contributed by atoms with E-state index in [9.17, 15) is 22.8 Å². The first-order chi connectivity index (χ1) is 11.7. The number of nitrogens with zero attached hydrogens (tertiary/aromatic N) is 1. The van der Waals surface area contributed by atoms with E-state index < -0.39 is 23.9 Å². The lowest BCUT2D eigenvalue weighted by Crippen LogP contribution is -2.23. The number of pyridine rings is 1. The summed E-state index contributed by atoms with van der Waals surface area (Å²) in [5.41, 5.74) is -0.378. The van der Waals surface area contributed by atoms with Crippen LogP contribution in [0.25, 0.3) is 0 Å². The van der Waals surface area contributed by atoms with Crippen molar-refractivity contribution in [2.45, 2.75) is 6.36 Å². The Kier molecular flexibility index (Phi) is 5.48. The first-order valence-corrected chi connectivity index (χ1v) is 7.13. The Morgan fingerprint density at radius 2 is 1.84 bits per heavy atom. The van der Waals surface area contributed by atoms with Crippen LogP contribution in [0.2, 0.25) is 5.15 Å². The number of carbonyl (C=O) groups excluding carboxylic acids is 2. The highest BCUT2D eigenvalue weighted by atomic mass is 35.5. The summed E-state index contributed by atoms with van der Waals surface area (Å²) in [5.74, 6) is -2.14. The van der Waals surface area contributed by atoms with Gasteiger partial charge in [-0.05, 0) is 18.2 Å². The second-order valence-electron chi connectivity index (χ2n) is 4.63. The number of alkyl halides is 3. The molecule has 2 amide bonds. The van der Waals surface area contributed by atoms with Crippen LogP contribution in [0.5, 0.6) is 5.75 Å². The summed E-state index contributed by atoms with van der Waals surface area (Å²) in [5, 5.41) is 4.68. The molecular formula is C15H11ClF3N3O3. The van der Waals surface area contributed by atoms with Gasteiger partial charge >= 0.3 is 6.36 Å². The number of anilines is 1.